The Morgan fingerprint density at radius 1 is 1.16 bits per heavy atom. The molecule has 132 valence electrons. The van der Waals surface area contributed by atoms with E-state index in [4.69, 9.17) is 23.2 Å². The molecule has 5 amide bonds. The zero-order valence-electron chi connectivity index (χ0n) is 13.4. The van der Waals surface area contributed by atoms with Crippen LogP contribution in [-0.2, 0) is 20.9 Å². The lowest BCUT2D eigenvalue weighted by Gasteiger charge is -2.20. The van der Waals surface area contributed by atoms with E-state index in [0.29, 0.717) is 14.9 Å². The van der Waals surface area contributed by atoms with Crippen molar-refractivity contribution < 1.29 is 19.2 Å². The summed E-state index contributed by atoms with van der Waals surface area (Å²) < 4.78 is 0. The predicted molar refractivity (Wildman–Crippen MR) is 92.0 cm³/mol. The summed E-state index contributed by atoms with van der Waals surface area (Å²) in [5, 5.41) is 0.754. The maximum Gasteiger partial charge on any atom is 0.335 e. The van der Waals surface area contributed by atoms with Gasteiger partial charge in [0.25, 0.3) is 0 Å². The van der Waals surface area contributed by atoms with E-state index in [1.54, 1.807) is 18.2 Å². The van der Waals surface area contributed by atoms with Gasteiger partial charge in [-0.25, -0.2) is 9.69 Å². The van der Waals surface area contributed by atoms with Gasteiger partial charge in [0.2, 0.25) is 5.91 Å². The van der Waals surface area contributed by atoms with Crippen molar-refractivity contribution in [1.82, 2.24) is 14.7 Å². The second kappa shape index (κ2) is 7.67. The number of rotatable bonds is 6. The van der Waals surface area contributed by atoms with E-state index in [-0.39, 0.29) is 13.1 Å². The zero-order valence-corrected chi connectivity index (χ0v) is 14.9. The van der Waals surface area contributed by atoms with Crippen LogP contribution in [0.5, 0.6) is 0 Å². The summed E-state index contributed by atoms with van der Waals surface area (Å²) in [5.74, 6) is -2.49. The van der Waals surface area contributed by atoms with Crippen molar-refractivity contribution in [3.05, 3.63) is 46.5 Å². The standard InChI is InChI=1S/C16H15Cl2N3O4/c1-3-6-20-14(23)15(24)21(16(20)25)9-13(22)19(2)8-10-4-5-11(17)12(18)7-10/h3-5,7H,1,6,8-9H2,2H3. The summed E-state index contributed by atoms with van der Waals surface area (Å²) in [5.41, 5.74) is 0.730. The first kappa shape index (κ1) is 19.0. The third-order valence-corrected chi connectivity index (χ3v) is 4.31. The van der Waals surface area contributed by atoms with Gasteiger partial charge in [0.05, 0.1) is 10.0 Å². The van der Waals surface area contributed by atoms with Gasteiger partial charge in [-0.3, -0.25) is 19.3 Å². The number of nitrogens with zero attached hydrogens (tertiary/aromatic N) is 3. The van der Waals surface area contributed by atoms with Gasteiger partial charge in [-0.15, -0.1) is 6.58 Å². The first-order chi connectivity index (χ1) is 11.8. The van der Waals surface area contributed by atoms with E-state index >= 15 is 0 Å². The molecule has 0 bridgehead atoms. The lowest BCUT2D eigenvalue weighted by atomic mass is 10.2. The van der Waals surface area contributed by atoms with Crippen LogP contribution < -0.4 is 0 Å². The number of hydrogen-bond acceptors (Lipinski definition) is 4. The Morgan fingerprint density at radius 2 is 1.80 bits per heavy atom. The molecule has 7 nitrogen and oxygen atoms in total. The number of benzene rings is 1. The fourth-order valence-electron chi connectivity index (χ4n) is 2.24. The highest BCUT2D eigenvalue weighted by molar-refractivity contribution is 6.45. The lowest BCUT2D eigenvalue weighted by Crippen LogP contribution is -2.42. The first-order valence-electron chi connectivity index (χ1n) is 7.22. The molecule has 1 aliphatic rings. The minimum absolute atomic E-state index is 0.0901. The minimum Gasteiger partial charge on any atom is -0.340 e. The molecule has 25 heavy (non-hydrogen) atoms. The van der Waals surface area contributed by atoms with Crippen LogP contribution >= 0.6 is 23.2 Å². The third-order valence-electron chi connectivity index (χ3n) is 3.57. The second-order valence-electron chi connectivity index (χ2n) is 5.38. The minimum atomic E-state index is -1.02. The molecule has 0 unspecified atom stereocenters. The summed E-state index contributed by atoms with van der Waals surface area (Å²) in [6.07, 6.45) is 1.32. The first-order valence-corrected chi connectivity index (χ1v) is 7.98. The molecule has 2 rings (SSSR count). The smallest absolute Gasteiger partial charge is 0.335 e. The van der Waals surface area contributed by atoms with Gasteiger partial charge in [0.1, 0.15) is 6.54 Å². The molecule has 1 aromatic rings. The largest absolute Gasteiger partial charge is 0.340 e. The molecule has 0 aliphatic carbocycles. The summed E-state index contributed by atoms with van der Waals surface area (Å²) >= 11 is 11.8. The second-order valence-corrected chi connectivity index (χ2v) is 6.19. The Labute approximate surface area is 154 Å². The van der Waals surface area contributed by atoms with Crippen LogP contribution in [0.25, 0.3) is 0 Å². The van der Waals surface area contributed by atoms with Crippen molar-refractivity contribution in [3.8, 4) is 0 Å². The number of urea groups is 1. The van der Waals surface area contributed by atoms with E-state index in [1.807, 2.05) is 0 Å². The molecule has 0 N–H and O–H groups in total. The highest BCUT2D eigenvalue weighted by Gasteiger charge is 2.44. The Bertz CT molecular complexity index is 766. The topological polar surface area (TPSA) is 78.0 Å². The monoisotopic (exact) mass is 383 g/mol. The molecular formula is C16H15Cl2N3O4. The average molecular weight is 384 g/mol. The highest BCUT2D eigenvalue weighted by Crippen LogP contribution is 2.23. The van der Waals surface area contributed by atoms with Gasteiger partial charge in [0.15, 0.2) is 0 Å². The van der Waals surface area contributed by atoms with Crippen molar-refractivity contribution >= 4 is 47.0 Å². The summed E-state index contributed by atoms with van der Waals surface area (Å²) in [6.45, 7) is 3.02. The SMILES string of the molecule is C=CCN1C(=O)C(=O)N(CC(=O)N(C)Cc2ccc(Cl)c(Cl)c2)C1=O. The number of carbonyl (C=O) groups is 4. The van der Waals surface area contributed by atoms with Crippen LogP contribution in [-0.4, -0.2) is 58.6 Å². The van der Waals surface area contributed by atoms with E-state index in [2.05, 4.69) is 6.58 Å². The molecular weight excluding hydrogens is 369 g/mol. The van der Waals surface area contributed by atoms with Crippen LogP contribution in [0.15, 0.2) is 30.9 Å². The van der Waals surface area contributed by atoms with Crippen molar-refractivity contribution in [3.63, 3.8) is 0 Å². The van der Waals surface area contributed by atoms with Gasteiger partial charge in [-0.2, -0.15) is 0 Å². The predicted octanol–water partition coefficient (Wildman–Crippen LogP) is 1.93. The van der Waals surface area contributed by atoms with Crippen LogP contribution in [0.1, 0.15) is 5.56 Å². The molecule has 0 aromatic heterocycles. The normalized spacial score (nSPS) is 14.3. The number of carbonyl (C=O) groups excluding carboxylic acids is 4. The van der Waals surface area contributed by atoms with Gasteiger partial charge in [-0.05, 0) is 17.7 Å². The van der Waals surface area contributed by atoms with Gasteiger partial charge >= 0.3 is 17.8 Å². The summed E-state index contributed by atoms with van der Waals surface area (Å²) in [7, 11) is 1.51. The Kier molecular flexibility index (Phi) is 5.81. The number of hydrogen-bond donors (Lipinski definition) is 0. The van der Waals surface area contributed by atoms with E-state index < -0.39 is 30.3 Å². The van der Waals surface area contributed by atoms with Gasteiger partial charge in [0, 0.05) is 20.1 Å². The zero-order chi connectivity index (χ0) is 18.7. The molecule has 1 aliphatic heterocycles. The van der Waals surface area contributed by atoms with Crippen molar-refractivity contribution in [2.45, 2.75) is 6.54 Å². The van der Waals surface area contributed by atoms with Crippen molar-refractivity contribution in [2.24, 2.45) is 0 Å². The fraction of sp³-hybridized carbons (Fsp3) is 0.250. The quantitative estimate of drug-likeness (QED) is 0.427. The molecule has 0 spiro atoms. The Morgan fingerprint density at radius 3 is 2.40 bits per heavy atom. The average Bonchev–Trinajstić information content (AvgIpc) is 2.76. The number of imide groups is 2. The lowest BCUT2D eigenvalue weighted by molar-refractivity contribution is -0.144. The van der Waals surface area contributed by atoms with Crippen LogP contribution in [0.3, 0.4) is 0 Å². The molecule has 1 aromatic carbocycles. The molecule has 1 heterocycles. The molecule has 0 saturated carbocycles. The van der Waals surface area contributed by atoms with Crippen LogP contribution in [0.2, 0.25) is 10.0 Å². The van der Waals surface area contributed by atoms with Gasteiger partial charge < -0.3 is 4.90 Å². The summed E-state index contributed by atoms with van der Waals surface area (Å²) in [4.78, 5) is 50.7. The van der Waals surface area contributed by atoms with Crippen molar-refractivity contribution in [2.75, 3.05) is 20.1 Å². The number of amides is 5. The molecule has 1 saturated heterocycles. The Hall–Kier alpha value is -2.38. The fourth-order valence-corrected chi connectivity index (χ4v) is 2.56. The third kappa shape index (κ3) is 4.00. The van der Waals surface area contributed by atoms with Crippen LogP contribution in [0, 0.1) is 0 Å². The summed E-state index contributed by atoms with van der Waals surface area (Å²) in [6, 6.07) is 4.11. The maximum absolute atomic E-state index is 12.3. The molecule has 0 atom stereocenters. The number of likely N-dealkylation sites (N-methyl/N-ethyl adjacent to an activating group) is 1. The molecule has 9 heteroatoms. The molecule has 0 radical (unpaired) electrons. The Balaban J connectivity index is 2.04. The number of halogens is 2. The van der Waals surface area contributed by atoms with Crippen LogP contribution in [0.4, 0.5) is 4.79 Å². The van der Waals surface area contributed by atoms with E-state index in [1.165, 1.54) is 18.0 Å². The van der Waals surface area contributed by atoms with Gasteiger partial charge in [-0.1, -0.05) is 35.3 Å². The maximum atomic E-state index is 12.3. The molecule has 1 fully saturated rings. The van der Waals surface area contributed by atoms with E-state index in [0.717, 1.165) is 10.5 Å². The van der Waals surface area contributed by atoms with E-state index in [9.17, 15) is 19.2 Å². The van der Waals surface area contributed by atoms with Crippen molar-refractivity contribution in [1.29, 1.82) is 0 Å². The highest BCUT2D eigenvalue weighted by atomic mass is 35.5.